The molecular formula is C14H20N2O. The molecule has 17 heavy (non-hydrogen) atoms. The van der Waals surface area contributed by atoms with Crippen molar-refractivity contribution in [1.29, 1.82) is 0 Å². The second kappa shape index (κ2) is 5.82. The highest BCUT2D eigenvalue weighted by Gasteiger charge is 2.21. The van der Waals surface area contributed by atoms with Gasteiger partial charge in [-0.05, 0) is 31.2 Å². The Morgan fingerprint density at radius 3 is 2.71 bits per heavy atom. The highest BCUT2D eigenvalue weighted by atomic mass is 16.1. The maximum atomic E-state index is 11.5. The Morgan fingerprint density at radius 1 is 1.35 bits per heavy atom. The molecule has 1 aromatic carbocycles. The van der Waals surface area contributed by atoms with Gasteiger partial charge in [-0.3, -0.25) is 4.79 Å². The third-order valence-corrected chi connectivity index (χ3v) is 3.15. The zero-order valence-electron chi connectivity index (χ0n) is 10.3. The van der Waals surface area contributed by atoms with Gasteiger partial charge in [0.05, 0.1) is 6.54 Å². The van der Waals surface area contributed by atoms with Crippen LogP contribution in [0.15, 0.2) is 30.3 Å². The van der Waals surface area contributed by atoms with Crippen molar-refractivity contribution in [3.8, 4) is 0 Å². The summed E-state index contributed by atoms with van der Waals surface area (Å²) in [6, 6.07) is 10.4. The molecule has 0 saturated heterocycles. The molecule has 1 atom stereocenters. The molecule has 3 nitrogen and oxygen atoms in total. The minimum Gasteiger partial charge on any atom is -0.355 e. The summed E-state index contributed by atoms with van der Waals surface area (Å²) in [5.41, 5.74) is 1.21. The molecule has 1 aromatic rings. The first-order valence-corrected chi connectivity index (χ1v) is 6.30. The van der Waals surface area contributed by atoms with E-state index in [0.717, 1.165) is 12.5 Å². The average Bonchev–Trinajstić information content (AvgIpc) is 3.18. The maximum Gasteiger partial charge on any atom is 0.233 e. The summed E-state index contributed by atoms with van der Waals surface area (Å²) in [7, 11) is 0. The topological polar surface area (TPSA) is 41.1 Å². The van der Waals surface area contributed by atoms with Crippen molar-refractivity contribution < 1.29 is 4.79 Å². The lowest BCUT2D eigenvalue weighted by Gasteiger charge is -2.13. The molecule has 3 heteroatoms. The van der Waals surface area contributed by atoms with E-state index < -0.39 is 0 Å². The highest BCUT2D eigenvalue weighted by Crippen LogP contribution is 2.27. The number of amides is 1. The van der Waals surface area contributed by atoms with Gasteiger partial charge in [-0.25, -0.2) is 0 Å². The first kappa shape index (κ1) is 12.1. The van der Waals surface area contributed by atoms with E-state index in [1.54, 1.807) is 0 Å². The van der Waals surface area contributed by atoms with E-state index in [0.29, 0.717) is 6.54 Å². The third kappa shape index (κ3) is 4.19. The van der Waals surface area contributed by atoms with Crippen LogP contribution in [0.2, 0.25) is 0 Å². The van der Waals surface area contributed by atoms with Crippen molar-refractivity contribution in [2.45, 2.75) is 25.8 Å². The van der Waals surface area contributed by atoms with Crippen LogP contribution in [0.1, 0.15) is 31.4 Å². The highest BCUT2D eigenvalue weighted by molar-refractivity contribution is 5.78. The Morgan fingerprint density at radius 2 is 2.06 bits per heavy atom. The van der Waals surface area contributed by atoms with E-state index in [4.69, 9.17) is 0 Å². The number of nitrogens with one attached hydrogen (secondary N) is 2. The number of carbonyl (C=O) groups is 1. The molecule has 0 aromatic heterocycles. The SMILES string of the molecule is C[C@@H](NCC(=O)NCC1CC1)c1ccccc1. The molecule has 1 amide bonds. The monoisotopic (exact) mass is 232 g/mol. The fourth-order valence-electron chi connectivity index (χ4n) is 1.75. The quantitative estimate of drug-likeness (QED) is 0.786. The van der Waals surface area contributed by atoms with E-state index in [1.165, 1.54) is 18.4 Å². The second-order valence-electron chi connectivity index (χ2n) is 4.76. The van der Waals surface area contributed by atoms with Gasteiger partial charge in [0, 0.05) is 12.6 Å². The van der Waals surface area contributed by atoms with Crippen LogP contribution in [0.25, 0.3) is 0 Å². The molecule has 1 aliphatic rings. The molecule has 0 spiro atoms. The van der Waals surface area contributed by atoms with Crippen molar-refractivity contribution in [1.82, 2.24) is 10.6 Å². The van der Waals surface area contributed by atoms with Gasteiger partial charge in [-0.2, -0.15) is 0 Å². The first-order valence-electron chi connectivity index (χ1n) is 6.30. The predicted octanol–water partition coefficient (Wildman–Crippen LogP) is 1.86. The summed E-state index contributed by atoms with van der Waals surface area (Å²) < 4.78 is 0. The molecule has 1 saturated carbocycles. The van der Waals surface area contributed by atoms with Crippen LogP contribution in [0.4, 0.5) is 0 Å². The summed E-state index contributed by atoms with van der Waals surface area (Å²) in [6.07, 6.45) is 2.54. The minimum absolute atomic E-state index is 0.0969. The second-order valence-corrected chi connectivity index (χ2v) is 4.76. The average molecular weight is 232 g/mol. The molecule has 0 heterocycles. The molecule has 1 fully saturated rings. The molecule has 0 radical (unpaired) electrons. The molecule has 92 valence electrons. The van der Waals surface area contributed by atoms with Gasteiger partial charge in [0.2, 0.25) is 5.91 Å². The Kier molecular flexibility index (Phi) is 4.15. The van der Waals surface area contributed by atoms with Gasteiger partial charge in [-0.1, -0.05) is 30.3 Å². The fourth-order valence-corrected chi connectivity index (χ4v) is 1.75. The van der Waals surface area contributed by atoms with Gasteiger partial charge < -0.3 is 10.6 Å². The minimum atomic E-state index is 0.0969. The van der Waals surface area contributed by atoms with E-state index >= 15 is 0 Å². The lowest BCUT2D eigenvalue weighted by molar-refractivity contribution is -0.120. The van der Waals surface area contributed by atoms with Crippen molar-refractivity contribution in [3.63, 3.8) is 0 Å². The number of hydrogen-bond donors (Lipinski definition) is 2. The molecule has 0 unspecified atom stereocenters. The lowest BCUT2D eigenvalue weighted by atomic mass is 10.1. The van der Waals surface area contributed by atoms with Crippen molar-refractivity contribution in [3.05, 3.63) is 35.9 Å². The Labute approximate surface area is 103 Å². The zero-order chi connectivity index (χ0) is 12.1. The van der Waals surface area contributed by atoms with E-state index in [9.17, 15) is 4.79 Å². The van der Waals surface area contributed by atoms with Crippen LogP contribution in [0, 0.1) is 5.92 Å². The smallest absolute Gasteiger partial charge is 0.233 e. The van der Waals surface area contributed by atoms with Crippen LogP contribution < -0.4 is 10.6 Å². The third-order valence-electron chi connectivity index (χ3n) is 3.15. The van der Waals surface area contributed by atoms with Crippen LogP contribution in [-0.4, -0.2) is 19.0 Å². The van der Waals surface area contributed by atoms with Crippen LogP contribution >= 0.6 is 0 Å². The predicted molar refractivity (Wildman–Crippen MR) is 68.6 cm³/mol. The number of hydrogen-bond acceptors (Lipinski definition) is 2. The molecular weight excluding hydrogens is 212 g/mol. The van der Waals surface area contributed by atoms with Crippen LogP contribution in [0.5, 0.6) is 0 Å². The summed E-state index contributed by atoms with van der Waals surface area (Å²) in [5, 5.41) is 6.18. The number of benzene rings is 1. The Bertz CT molecular complexity index is 360. The first-order chi connectivity index (χ1) is 8.25. The van der Waals surface area contributed by atoms with Gasteiger partial charge in [0.25, 0.3) is 0 Å². The van der Waals surface area contributed by atoms with E-state index in [1.807, 2.05) is 18.2 Å². The number of rotatable bonds is 6. The summed E-state index contributed by atoms with van der Waals surface area (Å²) in [5.74, 6) is 0.838. The number of carbonyl (C=O) groups excluding carboxylic acids is 1. The van der Waals surface area contributed by atoms with Crippen molar-refractivity contribution in [2.75, 3.05) is 13.1 Å². The van der Waals surface area contributed by atoms with Crippen LogP contribution in [0.3, 0.4) is 0 Å². The van der Waals surface area contributed by atoms with Crippen LogP contribution in [-0.2, 0) is 4.79 Å². The normalized spacial score (nSPS) is 16.5. The molecule has 0 aliphatic heterocycles. The summed E-state index contributed by atoms with van der Waals surface area (Å²) >= 11 is 0. The Balaban J connectivity index is 1.68. The molecule has 2 rings (SSSR count). The largest absolute Gasteiger partial charge is 0.355 e. The maximum absolute atomic E-state index is 11.5. The molecule has 2 N–H and O–H groups in total. The molecule has 0 bridgehead atoms. The van der Waals surface area contributed by atoms with E-state index in [-0.39, 0.29) is 11.9 Å². The van der Waals surface area contributed by atoms with E-state index in [2.05, 4.69) is 29.7 Å². The van der Waals surface area contributed by atoms with Gasteiger partial charge >= 0.3 is 0 Å². The standard InChI is InChI=1S/C14H20N2O/c1-11(13-5-3-2-4-6-13)15-10-14(17)16-9-12-7-8-12/h2-6,11-12,15H,7-10H2,1H3,(H,16,17)/t11-/m1/s1. The Hall–Kier alpha value is -1.35. The zero-order valence-corrected chi connectivity index (χ0v) is 10.3. The lowest BCUT2D eigenvalue weighted by Crippen LogP contribution is -2.35. The van der Waals surface area contributed by atoms with Gasteiger partial charge in [-0.15, -0.1) is 0 Å². The van der Waals surface area contributed by atoms with Crippen molar-refractivity contribution in [2.24, 2.45) is 5.92 Å². The molecule has 1 aliphatic carbocycles. The van der Waals surface area contributed by atoms with Gasteiger partial charge in [0.1, 0.15) is 0 Å². The van der Waals surface area contributed by atoms with Crippen molar-refractivity contribution >= 4 is 5.91 Å². The van der Waals surface area contributed by atoms with Gasteiger partial charge in [0.15, 0.2) is 0 Å². The fraction of sp³-hybridized carbons (Fsp3) is 0.500. The summed E-state index contributed by atoms with van der Waals surface area (Å²) in [4.78, 5) is 11.5. The summed E-state index contributed by atoms with van der Waals surface area (Å²) in [6.45, 7) is 3.31.